The van der Waals surface area contributed by atoms with Gasteiger partial charge in [-0.25, -0.2) is 4.39 Å². The maximum absolute atomic E-state index is 13.6. The lowest BCUT2D eigenvalue weighted by atomic mass is 9.93. The Morgan fingerprint density at radius 1 is 1.44 bits per heavy atom. The van der Waals surface area contributed by atoms with E-state index in [1.165, 1.54) is 6.07 Å². The van der Waals surface area contributed by atoms with E-state index in [0.717, 1.165) is 26.1 Å². The van der Waals surface area contributed by atoms with Crippen molar-refractivity contribution in [2.24, 2.45) is 5.92 Å². The molecule has 0 aliphatic carbocycles. The van der Waals surface area contributed by atoms with Gasteiger partial charge in [-0.15, -0.1) is 0 Å². The van der Waals surface area contributed by atoms with E-state index in [2.05, 4.69) is 12.2 Å². The van der Waals surface area contributed by atoms with Crippen LogP contribution in [0.3, 0.4) is 0 Å². The number of nitrogens with one attached hydrogen (secondary N) is 1. The van der Waals surface area contributed by atoms with Gasteiger partial charge in [-0.3, -0.25) is 0 Å². The van der Waals surface area contributed by atoms with E-state index < -0.39 is 0 Å². The Morgan fingerprint density at radius 2 is 2.17 bits per heavy atom. The average molecular weight is 272 g/mol. The van der Waals surface area contributed by atoms with Gasteiger partial charge in [0.1, 0.15) is 5.82 Å². The zero-order valence-electron chi connectivity index (χ0n) is 10.6. The third-order valence-corrected chi connectivity index (χ3v) is 3.84. The second-order valence-electron chi connectivity index (χ2n) is 4.86. The van der Waals surface area contributed by atoms with Crippen LogP contribution in [0.5, 0.6) is 0 Å². The molecule has 0 saturated carbocycles. The van der Waals surface area contributed by atoms with Crippen molar-refractivity contribution >= 4 is 11.6 Å². The Labute approximate surface area is 112 Å². The second-order valence-corrected chi connectivity index (χ2v) is 5.29. The molecule has 1 fully saturated rings. The smallest absolute Gasteiger partial charge is 0.129 e. The first-order valence-corrected chi connectivity index (χ1v) is 6.79. The molecule has 1 atom stereocenters. The number of rotatable bonds is 4. The molecular weight excluding hydrogens is 253 g/mol. The fourth-order valence-corrected chi connectivity index (χ4v) is 2.48. The molecule has 0 aromatic heterocycles. The first kappa shape index (κ1) is 13.8. The molecule has 1 N–H and O–H groups in total. The Bertz CT molecular complexity index is 393. The molecule has 18 heavy (non-hydrogen) atoms. The molecule has 0 spiro atoms. The van der Waals surface area contributed by atoms with Gasteiger partial charge in [0.05, 0.1) is 0 Å². The van der Waals surface area contributed by atoms with Gasteiger partial charge in [0.15, 0.2) is 0 Å². The summed E-state index contributed by atoms with van der Waals surface area (Å²) in [5.74, 6) is 0.378. The van der Waals surface area contributed by atoms with E-state index in [4.69, 9.17) is 16.3 Å². The maximum Gasteiger partial charge on any atom is 0.129 e. The average Bonchev–Trinajstić information content (AvgIpc) is 2.38. The summed E-state index contributed by atoms with van der Waals surface area (Å²) in [5, 5.41) is 3.83. The topological polar surface area (TPSA) is 21.3 Å². The summed E-state index contributed by atoms with van der Waals surface area (Å²) in [6, 6.07) is 5.20. The van der Waals surface area contributed by atoms with Gasteiger partial charge in [-0.2, -0.15) is 0 Å². The minimum absolute atomic E-state index is 0.242. The van der Waals surface area contributed by atoms with Crippen LogP contribution in [0.2, 0.25) is 5.02 Å². The fraction of sp³-hybridized carbons (Fsp3) is 0.571. The molecule has 0 amide bonds. The highest BCUT2D eigenvalue weighted by molar-refractivity contribution is 6.30. The quantitative estimate of drug-likeness (QED) is 0.906. The summed E-state index contributed by atoms with van der Waals surface area (Å²) in [7, 11) is 0. The van der Waals surface area contributed by atoms with Gasteiger partial charge in [0.25, 0.3) is 0 Å². The summed E-state index contributed by atoms with van der Waals surface area (Å²) >= 11 is 5.73. The Hall–Kier alpha value is -0.640. The van der Waals surface area contributed by atoms with Crippen molar-refractivity contribution in [3.8, 4) is 0 Å². The number of hydrogen-bond donors (Lipinski definition) is 1. The van der Waals surface area contributed by atoms with Gasteiger partial charge in [-0.05, 0) is 37.8 Å². The van der Waals surface area contributed by atoms with E-state index >= 15 is 0 Å². The van der Waals surface area contributed by atoms with Crippen LogP contribution in [0.25, 0.3) is 0 Å². The predicted octanol–water partition coefficient (Wildman–Crippen LogP) is 3.38. The van der Waals surface area contributed by atoms with Crippen LogP contribution < -0.4 is 5.32 Å². The molecule has 1 saturated heterocycles. The first-order valence-electron chi connectivity index (χ1n) is 6.42. The Kier molecular flexibility index (Phi) is 4.98. The number of hydrogen-bond acceptors (Lipinski definition) is 2. The van der Waals surface area contributed by atoms with Gasteiger partial charge in [0, 0.05) is 36.4 Å². The summed E-state index contributed by atoms with van der Waals surface area (Å²) in [6.45, 7) is 4.38. The summed E-state index contributed by atoms with van der Waals surface area (Å²) in [5.41, 5.74) is 0.665. The van der Waals surface area contributed by atoms with E-state index in [-0.39, 0.29) is 5.82 Å². The summed E-state index contributed by atoms with van der Waals surface area (Å²) < 4.78 is 18.9. The summed E-state index contributed by atoms with van der Waals surface area (Å²) in [4.78, 5) is 0. The zero-order chi connectivity index (χ0) is 13.0. The van der Waals surface area contributed by atoms with Crippen LogP contribution in [0, 0.1) is 11.7 Å². The molecule has 1 aromatic carbocycles. The minimum atomic E-state index is -0.242. The van der Waals surface area contributed by atoms with Gasteiger partial charge >= 0.3 is 0 Å². The van der Waals surface area contributed by atoms with Crippen molar-refractivity contribution in [2.45, 2.75) is 32.4 Å². The van der Waals surface area contributed by atoms with Crippen molar-refractivity contribution in [1.82, 2.24) is 5.32 Å². The largest absolute Gasteiger partial charge is 0.381 e. The van der Waals surface area contributed by atoms with Crippen LogP contribution in [0.1, 0.15) is 25.3 Å². The minimum Gasteiger partial charge on any atom is -0.381 e. The lowest BCUT2D eigenvalue weighted by Crippen LogP contribution is -2.36. The van der Waals surface area contributed by atoms with E-state index in [0.29, 0.717) is 29.1 Å². The Morgan fingerprint density at radius 3 is 2.83 bits per heavy atom. The molecule has 1 aliphatic rings. The molecular formula is C14H19ClFNO. The standard InChI is InChI=1S/C14H19ClFNO/c1-10(11-4-6-18-7-5-11)17-9-12-2-3-13(15)8-14(12)16/h2-3,8,10-11,17H,4-7,9H2,1H3. The van der Waals surface area contributed by atoms with Crippen LogP contribution in [-0.4, -0.2) is 19.3 Å². The van der Waals surface area contributed by atoms with Crippen LogP contribution in [0.4, 0.5) is 4.39 Å². The lowest BCUT2D eigenvalue weighted by Gasteiger charge is -2.28. The maximum atomic E-state index is 13.6. The molecule has 100 valence electrons. The highest BCUT2D eigenvalue weighted by atomic mass is 35.5. The molecule has 4 heteroatoms. The molecule has 0 bridgehead atoms. The van der Waals surface area contributed by atoms with E-state index in [1.54, 1.807) is 12.1 Å². The third-order valence-electron chi connectivity index (χ3n) is 3.60. The van der Waals surface area contributed by atoms with Crippen molar-refractivity contribution in [2.75, 3.05) is 13.2 Å². The first-order chi connectivity index (χ1) is 8.66. The molecule has 0 radical (unpaired) electrons. The second kappa shape index (κ2) is 6.50. The third kappa shape index (κ3) is 3.67. The van der Waals surface area contributed by atoms with E-state index in [9.17, 15) is 4.39 Å². The molecule has 2 nitrogen and oxygen atoms in total. The van der Waals surface area contributed by atoms with Gasteiger partial charge < -0.3 is 10.1 Å². The van der Waals surface area contributed by atoms with Crippen LogP contribution in [0.15, 0.2) is 18.2 Å². The highest BCUT2D eigenvalue weighted by Crippen LogP contribution is 2.19. The van der Waals surface area contributed by atoms with Crippen LogP contribution in [-0.2, 0) is 11.3 Å². The SMILES string of the molecule is CC(NCc1ccc(Cl)cc1F)C1CCOCC1. The van der Waals surface area contributed by atoms with Crippen molar-refractivity contribution in [1.29, 1.82) is 0 Å². The predicted molar refractivity (Wildman–Crippen MR) is 71.3 cm³/mol. The zero-order valence-corrected chi connectivity index (χ0v) is 11.3. The van der Waals surface area contributed by atoms with Crippen molar-refractivity contribution in [3.63, 3.8) is 0 Å². The number of halogens is 2. The number of ether oxygens (including phenoxy) is 1. The molecule has 1 aliphatic heterocycles. The normalized spacial score (nSPS) is 18.8. The Balaban J connectivity index is 1.86. The molecule has 2 rings (SSSR count). The van der Waals surface area contributed by atoms with Crippen molar-refractivity contribution < 1.29 is 9.13 Å². The monoisotopic (exact) mass is 271 g/mol. The molecule has 1 aromatic rings. The van der Waals surface area contributed by atoms with Gasteiger partial charge in [-0.1, -0.05) is 17.7 Å². The van der Waals surface area contributed by atoms with Crippen molar-refractivity contribution in [3.05, 3.63) is 34.6 Å². The van der Waals surface area contributed by atoms with Crippen LogP contribution >= 0.6 is 11.6 Å². The summed E-state index contributed by atoms with van der Waals surface area (Å²) in [6.07, 6.45) is 2.16. The van der Waals surface area contributed by atoms with Gasteiger partial charge in [0.2, 0.25) is 0 Å². The van der Waals surface area contributed by atoms with E-state index in [1.807, 2.05) is 0 Å². The molecule has 1 unspecified atom stereocenters. The number of benzene rings is 1. The fourth-order valence-electron chi connectivity index (χ4n) is 2.32. The lowest BCUT2D eigenvalue weighted by molar-refractivity contribution is 0.0557. The molecule has 1 heterocycles. The highest BCUT2D eigenvalue weighted by Gasteiger charge is 2.20.